The maximum absolute atomic E-state index is 14.3. The first kappa shape index (κ1) is 16.6. The summed E-state index contributed by atoms with van der Waals surface area (Å²) in [6.45, 7) is 2.07. The Morgan fingerprint density at radius 2 is 2.04 bits per heavy atom. The largest absolute Gasteiger partial charge is 0.348 e. The van der Waals surface area contributed by atoms with Crippen molar-refractivity contribution >= 4 is 12.0 Å². The summed E-state index contributed by atoms with van der Waals surface area (Å²) in [7, 11) is 0. The zero-order chi connectivity index (χ0) is 17.6. The van der Waals surface area contributed by atoms with E-state index in [1.165, 1.54) is 12.1 Å². The smallest absolute Gasteiger partial charge is 0.244 e. The van der Waals surface area contributed by atoms with E-state index in [-0.39, 0.29) is 18.3 Å². The van der Waals surface area contributed by atoms with Gasteiger partial charge in [-0.05, 0) is 36.3 Å². The summed E-state index contributed by atoms with van der Waals surface area (Å²) < 4.78 is 16.0. The minimum Gasteiger partial charge on any atom is -0.348 e. The fraction of sp³-hybridized carbons (Fsp3) is 0.100. The monoisotopic (exact) mass is 335 g/mol. The molecule has 1 heterocycles. The fourth-order valence-corrected chi connectivity index (χ4v) is 2.47. The van der Waals surface area contributed by atoms with Crippen LogP contribution in [0.2, 0.25) is 0 Å². The van der Waals surface area contributed by atoms with Gasteiger partial charge in [0.25, 0.3) is 0 Å². The molecule has 0 aliphatic rings. The Bertz CT molecular complexity index is 900. The van der Waals surface area contributed by atoms with Crippen LogP contribution in [0, 0.1) is 12.7 Å². The van der Waals surface area contributed by atoms with Crippen LogP contribution in [-0.4, -0.2) is 15.5 Å². The normalized spacial score (nSPS) is 11.0. The van der Waals surface area contributed by atoms with Gasteiger partial charge in [-0.25, -0.2) is 9.37 Å². The minimum atomic E-state index is -0.354. The summed E-state index contributed by atoms with van der Waals surface area (Å²) in [4.78, 5) is 16.0. The molecular weight excluding hydrogens is 317 g/mol. The van der Waals surface area contributed by atoms with Crippen LogP contribution in [0.5, 0.6) is 0 Å². The Labute approximate surface area is 145 Å². The van der Waals surface area contributed by atoms with Crippen molar-refractivity contribution in [3.8, 4) is 5.69 Å². The van der Waals surface area contributed by atoms with Crippen molar-refractivity contribution in [1.82, 2.24) is 14.9 Å². The zero-order valence-corrected chi connectivity index (χ0v) is 13.8. The Hall–Kier alpha value is -3.21. The third-order valence-electron chi connectivity index (χ3n) is 3.79. The lowest BCUT2D eigenvalue weighted by atomic mass is 10.2. The highest BCUT2D eigenvalue weighted by Gasteiger charge is 2.08. The van der Waals surface area contributed by atoms with Gasteiger partial charge in [0.1, 0.15) is 11.6 Å². The molecule has 5 heteroatoms. The number of nitrogens with zero attached hydrogens (tertiary/aromatic N) is 2. The lowest BCUT2D eigenvalue weighted by molar-refractivity contribution is -0.116. The van der Waals surface area contributed by atoms with Crippen LogP contribution in [0.25, 0.3) is 11.8 Å². The van der Waals surface area contributed by atoms with E-state index >= 15 is 0 Å². The highest BCUT2D eigenvalue weighted by Crippen LogP contribution is 2.16. The Balaban J connectivity index is 1.62. The third kappa shape index (κ3) is 4.20. The van der Waals surface area contributed by atoms with Crippen LogP contribution in [0.3, 0.4) is 0 Å². The van der Waals surface area contributed by atoms with E-state index in [1.54, 1.807) is 35.2 Å². The van der Waals surface area contributed by atoms with Crippen molar-refractivity contribution in [3.63, 3.8) is 0 Å². The highest BCUT2D eigenvalue weighted by atomic mass is 19.1. The topological polar surface area (TPSA) is 46.9 Å². The molecule has 0 aliphatic heterocycles. The number of aromatic nitrogens is 2. The molecule has 3 aromatic rings. The summed E-state index contributed by atoms with van der Waals surface area (Å²) in [6.07, 6.45) is 6.54. The molecular formula is C20H18FN3O. The lowest BCUT2D eigenvalue weighted by Gasteiger charge is -2.09. The van der Waals surface area contributed by atoms with Crippen molar-refractivity contribution in [2.75, 3.05) is 0 Å². The molecule has 0 spiro atoms. The number of aryl methyl sites for hydroxylation is 1. The predicted molar refractivity (Wildman–Crippen MR) is 95.6 cm³/mol. The molecule has 3 rings (SSSR count). The molecule has 25 heavy (non-hydrogen) atoms. The molecule has 0 atom stereocenters. The number of nitrogens with one attached hydrogen (secondary N) is 1. The van der Waals surface area contributed by atoms with Crippen LogP contribution in [-0.2, 0) is 11.3 Å². The van der Waals surface area contributed by atoms with Gasteiger partial charge in [-0.1, -0.05) is 36.4 Å². The van der Waals surface area contributed by atoms with Gasteiger partial charge in [-0.3, -0.25) is 4.79 Å². The van der Waals surface area contributed by atoms with Crippen molar-refractivity contribution < 1.29 is 9.18 Å². The highest BCUT2D eigenvalue weighted by molar-refractivity contribution is 5.91. The number of carbonyl (C=O) groups excluding carboxylic acids is 1. The second kappa shape index (κ2) is 7.57. The van der Waals surface area contributed by atoms with Gasteiger partial charge >= 0.3 is 0 Å². The molecule has 0 aliphatic carbocycles. The summed E-state index contributed by atoms with van der Waals surface area (Å²) in [5.41, 5.74) is 2.08. The molecule has 0 unspecified atom stereocenters. The Kier molecular flexibility index (Phi) is 5.04. The van der Waals surface area contributed by atoms with Crippen molar-refractivity contribution in [3.05, 3.63) is 89.8 Å². The van der Waals surface area contributed by atoms with E-state index in [1.807, 2.05) is 37.3 Å². The SMILES string of the molecule is Cc1nccn1-c1ccc(CNC(=O)/C=C/c2ccccc2)cc1F. The molecule has 0 saturated heterocycles. The first-order valence-electron chi connectivity index (χ1n) is 7.93. The first-order chi connectivity index (χ1) is 12.1. The summed E-state index contributed by atoms with van der Waals surface area (Å²) in [5.74, 6) is 0.137. The molecule has 1 amide bonds. The molecule has 1 aromatic heterocycles. The number of benzene rings is 2. The average molecular weight is 335 g/mol. The van der Waals surface area contributed by atoms with E-state index in [9.17, 15) is 9.18 Å². The number of rotatable bonds is 5. The predicted octanol–water partition coefficient (Wildman–Crippen LogP) is 3.65. The average Bonchev–Trinajstić information content (AvgIpc) is 3.05. The molecule has 0 radical (unpaired) electrons. The molecule has 1 N–H and O–H groups in total. The number of amides is 1. The zero-order valence-electron chi connectivity index (χ0n) is 13.8. The van der Waals surface area contributed by atoms with Crippen molar-refractivity contribution in [1.29, 1.82) is 0 Å². The number of hydrogen-bond donors (Lipinski definition) is 1. The Morgan fingerprint density at radius 3 is 2.72 bits per heavy atom. The van der Waals surface area contributed by atoms with Gasteiger partial charge in [-0.15, -0.1) is 0 Å². The standard InChI is InChI=1S/C20H18FN3O/c1-15-22-11-12-24(15)19-9-7-17(13-18(19)21)14-23-20(25)10-8-16-5-3-2-4-6-16/h2-13H,14H2,1H3,(H,23,25)/b10-8+. The van der Waals surface area contributed by atoms with Crippen molar-refractivity contribution in [2.45, 2.75) is 13.5 Å². The summed E-state index contributed by atoms with van der Waals surface area (Å²) in [6, 6.07) is 14.5. The van der Waals surface area contributed by atoms with Crippen LogP contribution in [0.4, 0.5) is 4.39 Å². The van der Waals surface area contributed by atoms with Crippen LogP contribution in [0.15, 0.2) is 67.0 Å². The Morgan fingerprint density at radius 1 is 1.24 bits per heavy atom. The van der Waals surface area contributed by atoms with Gasteiger partial charge in [-0.2, -0.15) is 0 Å². The van der Waals surface area contributed by atoms with E-state index in [4.69, 9.17) is 0 Å². The number of hydrogen-bond acceptors (Lipinski definition) is 2. The van der Waals surface area contributed by atoms with Crippen LogP contribution < -0.4 is 5.32 Å². The number of carbonyl (C=O) groups is 1. The molecule has 0 saturated carbocycles. The maximum Gasteiger partial charge on any atom is 0.244 e. The van der Waals surface area contributed by atoms with E-state index < -0.39 is 0 Å². The van der Waals surface area contributed by atoms with Gasteiger partial charge in [0.2, 0.25) is 5.91 Å². The van der Waals surface area contributed by atoms with E-state index in [2.05, 4.69) is 10.3 Å². The summed E-state index contributed by atoms with van der Waals surface area (Å²) >= 11 is 0. The van der Waals surface area contributed by atoms with Crippen LogP contribution >= 0.6 is 0 Å². The minimum absolute atomic E-state index is 0.223. The second-order valence-electron chi connectivity index (χ2n) is 5.59. The van der Waals surface area contributed by atoms with Gasteiger partial charge in [0.15, 0.2) is 0 Å². The number of halogens is 1. The molecule has 126 valence electrons. The van der Waals surface area contributed by atoms with Gasteiger partial charge in [0, 0.05) is 25.0 Å². The molecule has 4 nitrogen and oxygen atoms in total. The first-order valence-corrected chi connectivity index (χ1v) is 7.93. The van der Waals surface area contributed by atoms with E-state index in [0.29, 0.717) is 17.1 Å². The second-order valence-corrected chi connectivity index (χ2v) is 5.59. The molecule has 0 fully saturated rings. The van der Waals surface area contributed by atoms with Crippen LogP contribution in [0.1, 0.15) is 17.0 Å². The number of imidazole rings is 1. The molecule has 2 aromatic carbocycles. The third-order valence-corrected chi connectivity index (χ3v) is 3.79. The van der Waals surface area contributed by atoms with Crippen molar-refractivity contribution in [2.24, 2.45) is 0 Å². The summed E-state index contributed by atoms with van der Waals surface area (Å²) in [5, 5.41) is 2.75. The van der Waals surface area contributed by atoms with Gasteiger partial charge < -0.3 is 9.88 Å². The maximum atomic E-state index is 14.3. The van der Waals surface area contributed by atoms with Gasteiger partial charge in [0.05, 0.1) is 5.69 Å². The molecule has 0 bridgehead atoms. The fourth-order valence-electron chi connectivity index (χ4n) is 2.47. The lowest BCUT2D eigenvalue weighted by Crippen LogP contribution is -2.20. The van der Waals surface area contributed by atoms with E-state index in [0.717, 1.165) is 5.56 Å². The quantitative estimate of drug-likeness (QED) is 0.724.